The summed E-state index contributed by atoms with van der Waals surface area (Å²) in [6, 6.07) is -1.81. The van der Waals surface area contributed by atoms with Gasteiger partial charge < -0.3 is 21.5 Å². The van der Waals surface area contributed by atoms with Crippen molar-refractivity contribution in [2.24, 2.45) is 17.6 Å². The van der Waals surface area contributed by atoms with Crippen LogP contribution in [0.2, 0.25) is 0 Å². The maximum absolute atomic E-state index is 12.6. The minimum atomic E-state index is -1.05. The van der Waals surface area contributed by atoms with Gasteiger partial charge in [-0.2, -0.15) is 0 Å². The monoisotopic (exact) mass is 449 g/mol. The van der Waals surface area contributed by atoms with Crippen LogP contribution in [0.15, 0.2) is 0 Å². The van der Waals surface area contributed by atoms with Gasteiger partial charge in [-0.25, -0.2) is 0 Å². The SMILES string of the molecule is CC(=O)[C@H](CC(C)C)NC(=O)C(=O)[C@H](CCCCN)NC(=O)[C@@H](C)CCC(=O)O.Cl. The van der Waals surface area contributed by atoms with Gasteiger partial charge in [0.1, 0.15) is 0 Å². The molecule has 0 rings (SSSR count). The number of ketones is 2. The second kappa shape index (κ2) is 15.8. The fourth-order valence-electron chi connectivity index (χ4n) is 2.73. The lowest BCUT2D eigenvalue weighted by atomic mass is 9.98. The van der Waals surface area contributed by atoms with E-state index in [1.807, 2.05) is 13.8 Å². The van der Waals surface area contributed by atoms with Gasteiger partial charge in [0.25, 0.3) is 5.91 Å². The zero-order chi connectivity index (χ0) is 22.6. The van der Waals surface area contributed by atoms with Crippen molar-refractivity contribution in [3.8, 4) is 0 Å². The van der Waals surface area contributed by atoms with E-state index in [-0.39, 0.29) is 43.4 Å². The highest BCUT2D eigenvalue weighted by Crippen LogP contribution is 2.10. The third kappa shape index (κ3) is 12.5. The maximum atomic E-state index is 12.6. The van der Waals surface area contributed by atoms with Crippen LogP contribution in [0.1, 0.15) is 66.2 Å². The van der Waals surface area contributed by atoms with Gasteiger partial charge in [0, 0.05) is 12.3 Å². The normalized spacial score (nSPS) is 13.5. The molecule has 0 saturated carbocycles. The topological polar surface area (TPSA) is 156 Å². The fraction of sp³-hybridized carbons (Fsp3) is 0.750. The van der Waals surface area contributed by atoms with Crippen LogP contribution in [-0.4, -0.2) is 53.1 Å². The quantitative estimate of drug-likeness (QED) is 0.216. The minimum Gasteiger partial charge on any atom is -0.481 e. The Labute approximate surface area is 184 Å². The Bertz CT molecular complexity index is 597. The Balaban J connectivity index is 0. The molecule has 174 valence electrons. The molecule has 9 nitrogen and oxygen atoms in total. The van der Waals surface area contributed by atoms with Gasteiger partial charge in [0.15, 0.2) is 5.78 Å². The van der Waals surface area contributed by atoms with Gasteiger partial charge in [-0.05, 0) is 51.5 Å². The standard InChI is InChI=1S/C20H35N3O6.ClH/c1-12(2)11-16(14(4)24)23-20(29)18(27)15(7-5-6-10-21)22-19(28)13(3)8-9-17(25)26;/h12-13,15-16H,5-11,21H2,1-4H3,(H,22,28)(H,23,29)(H,25,26);1H/t13-,15-,16-;/m0./s1. The molecule has 0 aliphatic heterocycles. The molecule has 0 fully saturated rings. The number of halogens is 1. The van der Waals surface area contributed by atoms with E-state index >= 15 is 0 Å². The molecule has 3 atom stereocenters. The van der Waals surface area contributed by atoms with Crippen molar-refractivity contribution in [1.82, 2.24) is 10.6 Å². The van der Waals surface area contributed by atoms with Crippen LogP contribution in [0, 0.1) is 11.8 Å². The van der Waals surface area contributed by atoms with E-state index in [1.54, 1.807) is 6.92 Å². The van der Waals surface area contributed by atoms with Gasteiger partial charge in [0.05, 0.1) is 12.1 Å². The van der Waals surface area contributed by atoms with Crippen molar-refractivity contribution in [3.05, 3.63) is 0 Å². The summed E-state index contributed by atoms with van der Waals surface area (Å²) in [5.74, 6) is -3.96. The average Bonchev–Trinajstić information content (AvgIpc) is 2.63. The average molecular weight is 450 g/mol. The largest absolute Gasteiger partial charge is 0.481 e. The number of amides is 2. The first-order valence-electron chi connectivity index (χ1n) is 10.1. The molecule has 0 aromatic heterocycles. The van der Waals surface area contributed by atoms with Crippen molar-refractivity contribution in [3.63, 3.8) is 0 Å². The zero-order valence-electron chi connectivity index (χ0n) is 18.2. The van der Waals surface area contributed by atoms with Gasteiger partial charge in [-0.1, -0.05) is 20.8 Å². The highest BCUT2D eigenvalue weighted by atomic mass is 35.5. The molecule has 0 bridgehead atoms. The number of nitrogens with two attached hydrogens (primary N) is 1. The molecule has 0 unspecified atom stereocenters. The van der Waals surface area contributed by atoms with E-state index in [4.69, 9.17) is 10.8 Å². The van der Waals surface area contributed by atoms with E-state index in [2.05, 4.69) is 10.6 Å². The molecule has 5 N–H and O–H groups in total. The van der Waals surface area contributed by atoms with Crippen molar-refractivity contribution in [1.29, 1.82) is 0 Å². The third-order valence-electron chi connectivity index (χ3n) is 4.55. The molecule has 0 saturated heterocycles. The smallest absolute Gasteiger partial charge is 0.303 e. The number of carbonyl (C=O) groups excluding carboxylic acids is 4. The first-order chi connectivity index (χ1) is 13.5. The van der Waals surface area contributed by atoms with Crippen LogP contribution in [0.25, 0.3) is 0 Å². The van der Waals surface area contributed by atoms with Crippen molar-refractivity contribution < 1.29 is 29.1 Å². The molecule has 0 heterocycles. The number of rotatable bonds is 15. The predicted octanol–water partition coefficient (Wildman–Crippen LogP) is 1.21. The summed E-state index contributed by atoms with van der Waals surface area (Å²) in [6.07, 6.45) is 1.75. The fourth-order valence-corrected chi connectivity index (χ4v) is 2.73. The number of hydrogen-bond donors (Lipinski definition) is 4. The lowest BCUT2D eigenvalue weighted by Crippen LogP contribution is -2.52. The Morgan fingerprint density at radius 2 is 1.53 bits per heavy atom. The Morgan fingerprint density at radius 3 is 2.00 bits per heavy atom. The van der Waals surface area contributed by atoms with E-state index < -0.39 is 41.6 Å². The highest BCUT2D eigenvalue weighted by molar-refractivity contribution is 6.38. The second-order valence-corrected chi connectivity index (χ2v) is 7.81. The number of aliphatic carboxylic acids is 1. The Hall–Kier alpha value is -2.00. The summed E-state index contributed by atoms with van der Waals surface area (Å²) in [5, 5.41) is 13.8. The maximum Gasteiger partial charge on any atom is 0.303 e. The molecule has 0 aromatic rings. The lowest BCUT2D eigenvalue weighted by molar-refractivity contribution is -0.142. The van der Waals surface area contributed by atoms with Crippen LogP contribution in [-0.2, 0) is 24.0 Å². The van der Waals surface area contributed by atoms with Crippen molar-refractivity contribution >= 4 is 41.8 Å². The first-order valence-corrected chi connectivity index (χ1v) is 10.1. The molecule has 30 heavy (non-hydrogen) atoms. The molecule has 10 heteroatoms. The highest BCUT2D eigenvalue weighted by Gasteiger charge is 2.30. The molecular weight excluding hydrogens is 414 g/mol. The van der Waals surface area contributed by atoms with E-state index in [0.717, 1.165) is 0 Å². The van der Waals surface area contributed by atoms with E-state index in [9.17, 15) is 24.0 Å². The summed E-state index contributed by atoms with van der Waals surface area (Å²) >= 11 is 0. The molecular formula is C20H36ClN3O6. The van der Waals surface area contributed by atoms with Crippen LogP contribution in [0.4, 0.5) is 0 Å². The number of carbonyl (C=O) groups is 5. The summed E-state index contributed by atoms with van der Waals surface area (Å²) in [4.78, 5) is 59.8. The number of carboxylic acid groups (broad SMARTS) is 1. The molecule has 0 spiro atoms. The Kier molecular flexibility index (Phi) is 15.9. The number of carboxylic acids is 1. The summed E-state index contributed by atoms with van der Waals surface area (Å²) in [7, 11) is 0. The van der Waals surface area contributed by atoms with Crippen LogP contribution < -0.4 is 16.4 Å². The molecule has 0 aromatic carbocycles. The number of hydrogen-bond acceptors (Lipinski definition) is 6. The zero-order valence-corrected chi connectivity index (χ0v) is 19.0. The van der Waals surface area contributed by atoms with E-state index in [1.165, 1.54) is 6.92 Å². The molecule has 0 aliphatic carbocycles. The van der Waals surface area contributed by atoms with Crippen LogP contribution in [0.5, 0.6) is 0 Å². The minimum absolute atomic E-state index is 0. The van der Waals surface area contributed by atoms with Gasteiger partial charge >= 0.3 is 5.97 Å². The van der Waals surface area contributed by atoms with Gasteiger partial charge in [-0.15, -0.1) is 12.4 Å². The molecule has 0 aliphatic rings. The summed E-state index contributed by atoms with van der Waals surface area (Å²) in [6.45, 7) is 7.13. The number of unbranched alkanes of at least 4 members (excludes halogenated alkanes) is 1. The molecule has 2 amide bonds. The first kappa shape index (κ1) is 30.2. The Morgan fingerprint density at radius 1 is 0.933 bits per heavy atom. The van der Waals surface area contributed by atoms with Crippen LogP contribution >= 0.6 is 12.4 Å². The predicted molar refractivity (Wildman–Crippen MR) is 115 cm³/mol. The summed E-state index contributed by atoms with van der Waals surface area (Å²) < 4.78 is 0. The summed E-state index contributed by atoms with van der Waals surface area (Å²) in [5.41, 5.74) is 5.47. The lowest BCUT2D eigenvalue weighted by Gasteiger charge is -2.22. The third-order valence-corrected chi connectivity index (χ3v) is 4.55. The van der Waals surface area contributed by atoms with Crippen molar-refractivity contribution in [2.75, 3.05) is 6.54 Å². The second-order valence-electron chi connectivity index (χ2n) is 7.81. The number of Topliss-reactive ketones (excluding diaryl/α,β-unsaturated/α-hetero) is 2. The molecule has 0 radical (unpaired) electrons. The van der Waals surface area contributed by atoms with E-state index in [0.29, 0.717) is 25.8 Å². The van der Waals surface area contributed by atoms with Gasteiger partial charge in [-0.3, -0.25) is 24.0 Å². The number of nitrogens with one attached hydrogen (secondary N) is 2. The van der Waals surface area contributed by atoms with Crippen LogP contribution in [0.3, 0.4) is 0 Å². The van der Waals surface area contributed by atoms with Crippen molar-refractivity contribution in [2.45, 2.75) is 78.3 Å². The van der Waals surface area contributed by atoms with Gasteiger partial charge in [0.2, 0.25) is 11.7 Å².